The Labute approximate surface area is 480 Å². The summed E-state index contributed by atoms with van der Waals surface area (Å²) in [5, 5.41) is 0. The third-order valence-corrected chi connectivity index (χ3v) is 12.8. The molecule has 0 saturated heterocycles. The number of hydrogen-bond donors (Lipinski definition) is 0. The predicted octanol–water partition coefficient (Wildman–Crippen LogP) is 21.7. The van der Waals surface area contributed by atoms with Crippen molar-refractivity contribution in [3.63, 3.8) is 0 Å². The van der Waals surface area contributed by atoms with E-state index in [1.165, 1.54) is 83.5 Å². The van der Waals surface area contributed by atoms with Crippen LogP contribution >= 0.6 is 0 Å². The average molecular weight is 1080 g/mol. The van der Waals surface area contributed by atoms with Crippen LogP contribution in [0.3, 0.4) is 0 Å². The first-order valence-electron chi connectivity index (χ1n) is 31.5. The van der Waals surface area contributed by atoms with Gasteiger partial charge in [-0.3, -0.25) is 14.4 Å². The summed E-state index contributed by atoms with van der Waals surface area (Å²) in [4.78, 5) is 38.3. The molecule has 0 bridgehead atoms. The molecule has 0 saturated carbocycles. The van der Waals surface area contributed by atoms with E-state index in [0.717, 1.165) is 128 Å². The Balaban J connectivity index is 4.56. The molecule has 0 heterocycles. The second kappa shape index (κ2) is 64.6. The van der Waals surface area contributed by atoms with Crippen molar-refractivity contribution in [2.45, 2.75) is 264 Å². The molecule has 6 nitrogen and oxygen atoms in total. The first-order valence-corrected chi connectivity index (χ1v) is 31.5. The molecule has 0 spiro atoms. The van der Waals surface area contributed by atoms with Gasteiger partial charge in [0.15, 0.2) is 6.10 Å². The summed E-state index contributed by atoms with van der Waals surface area (Å²) in [5.74, 6) is -1.04. The van der Waals surface area contributed by atoms with Gasteiger partial charge in [-0.25, -0.2) is 0 Å². The van der Waals surface area contributed by atoms with Gasteiger partial charge >= 0.3 is 17.9 Å². The molecule has 0 aliphatic heterocycles. The summed E-state index contributed by atoms with van der Waals surface area (Å²) in [5.41, 5.74) is 0. The van der Waals surface area contributed by atoms with Crippen LogP contribution in [-0.2, 0) is 28.6 Å². The molecule has 0 aliphatic carbocycles. The van der Waals surface area contributed by atoms with Gasteiger partial charge in [0.05, 0.1) is 0 Å². The van der Waals surface area contributed by atoms with E-state index in [1.807, 2.05) is 12.2 Å². The Morgan fingerprint density at radius 1 is 0.269 bits per heavy atom. The molecule has 6 heteroatoms. The van der Waals surface area contributed by atoms with Crippen molar-refractivity contribution >= 4 is 17.9 Å². The normalized spacial score (nSPS) is 13.2. The zero-order valence-corrected chi connectivity index (χ0v) is 50.1. The second-order valence-corrected chi connectivity index (χ2v) is 20.2. The highest BCUT2D eigenvalue weighted by molar-refractivity contribution is 5.71. The molecule has 438 valence electrons. The first-order chi connectivity index (χ1) is 38.5. The molecule has 0 fully saturated rings. The van der Waals surface area contributed by atoms with Gasteiger partial charge < -0.3 is 14.2 Å². The van der Waals surface area contributed by atoms with E-state index >= 15 is 0 Å². The molecule has 0 aliphatic rings. The minimum absolute atomic E-state index is 0.123. The van der Waals surface area contributed by atoms with Gasteiger partial charge in [-0.2, -0.15) is 0 Å². The highest BCUT2D eigenvalue weighted by atomic mass is 16.6. The van der Waals surface area contributed by atoms with E-state index in [-0.39, 0.29) is 31.6 Å². The fraction of sp³-hybridized carbons (Fsp3) is 0.597. The molecule has 1 atom stereocenters. The van der Waals surface area contributed by atoms with E-state index < -0.39 is 12.1 Å². The van der Waals surface area contributed by atoms with Crippen LogP contribution in [-0.4, -0.2) is 37.2 Å². The SMILES string of the molecule is CC/C=C\C/C=C\C/C=C\C/C=C\C/C=C\C/C=C\C/C=C\CCCCCC(=O)OCC(COC(=O)CCCCCCCCCCCCCCCCCC)OC(=O)CC/C=C\C/C=C\C/C=C\C/C=C\C/C=C\C/C=C\CC. The molecule has 1 unspecified atom stereocenters. The third-order valence-electron chi connectivity index (χ3n) is 12.8. The molecule has 0 aromatic heterocycles. The summed E-state index contributed by atoms with van der Waals surface area (Å²) in [6.45, 7) is 6.33. The lowest BCUT2D eigenvalue weighted by Gasteiger charge is -2.18. The monoisotopic (exact) mass is 1070 g/mol. The smallest absolute Gasteiger partial charge is 0.306 e. The van der Waals surface area contributed by atoms with Crippen LogP contribution in [0.4, 0.5) is 0 Å². The quantitative estimate of drug-likeness (QED) is 0.0261. The fourth-order valence-corrected chi connectivity index (χ4v) is 8.15. The van der Waals surface area contributed by atoms with Crippen LogP contribution in [0.2, 0.25) is 0 Å². The zero-order valence-electron chi connectivity index (χ0n) is 50.1. The molecule has 0 N–H and O–H groups in total. The van der Waals surface area contributed by atoms with Crippen molar-refractivity contribution in [3.05, 3.63) is 158 Å². The van der Waals surface area contributed by atoms with Gasteiger partial charge in [0.2, 0.25) is 0 Å². The molecule has 0 rings (SSSR count). The molecule has 0 aromatic carbocycles. The zero-order chi connectivity index (χ0) is 56.4. The number of unbranched alkanes of at least 4 members (excludes halogenated alkanes) is 18. The maximum absolute atomic E-state index is 12.9. The number of carbonyl (C=O) groups excluding carboxylic acids is 3. The highest BCUT2D eigenvalue weighted by Gasteiger charge is 2.19. The number of allylic oxidation sites excluding steroid dienone is 26. The number of esters is 3. The summed E-state index contributed by atoms with van der Waals surface area (Å²) in [7, 11) is 0. The molecular formula is C72H114O6. The highest BCUT2D eigenvalue weighted by Crippen LogP contribution is 2.15. The molecule has 0 amide bonds. The number of rotatable bonds is 55. The Morgan fingerprint density at radius 3 is 0.833 bits per heavy atom. The third kappa shape index (κ3) is 61.9. The van der Waals surface area contributed by atoms with Crippen LogP contribution in [0.15, 0.2) is 158 Å². The summed E-state index contributed by atoms with van der Waals surface area (Å²) in [6.07, 6.45) is 94.0. The molecular weight excluding hydrogens is 961 g/mol. The summed E-state index contributed by atoms with van der Waals surface area (Å²) < 4.78 is 16.8. The minimum Gasteiger partial charge on any atom is -0.462 e. The van der Waals surface area contributed by atoms with Crippen molar-refractivity contribution in [2.75, 3.05) is 13.2 Å². The summed E-state index contributed by atoms with van der Waals surface area (Å²) >= 11 is 0. The van der Waals surface area contributed by atoms with Crippen molar-refractivity contribution in [1.29, 1.82) is 0 Å². The second-order valence-electron chi connectivity index (χ2n) is 20.2. The standard InChI is InChI=1S/C72H114O6/c1-4-7-10-13-16-19-22-25-28-31-33-34-35-36-37-38-40-41-44-47-50-53-56-59-62-65-71(74)77-68-69(67-76-70(73)64-61-58-55-52-49-46-43-30-27-24-21-18-15-12-9-6-3)78-72(75)66-63-60-57-54-51-48-45-42-39-32-29-26-23-20-17-14-11-8-5-2/h7-8,10-11,16-17,19-20,25-26,28-29,33-34,36-37,39-42,47-48,50-51,57,60,69H,4-6,9,12-15,18,21-24,27,30-32,35,38,43-46,49,52-56,58-59,61-68H2,1-3H3/b10-7-,11-8-,19-16-,20-17-,28-25-,29-26-,34-33-,37-36-,41-40-,42-39-,50-47-,51-48-,60-57-. The van der Waals surface area contributed by atoms with Crippen LogP contribution < -0.4 is 0 Å². The van der Waals surface area contributed by atoms with E-state index in [9.17, 15) is 14.4 Å². The topological polar surface area (TPSA) is 78.9 Å². The van der Waals surface area contributed by atoms with Crippen LogP contribution in [0.5, 0.6) is 0 Å². The van der Waals surface area contributed by atoms with E-state index in [2.05, 4.69) is 167 Å². The maximum atomic E-state index is 12.9. The Morgan fingerprint density at radius 2 is 0.526 bits per heavy atom. The molecule has 0 aromatic rings. The number of hydrogen-bond acceptors (Lipinski definition) is 6. The van der Waals surface area contributed by atoms with E-state index in [0.29, 0.717) is 19.3 Å². The van der Waals surface area contributed by atoms with Crippen LogP contribution in [0.25, 0.3) is 0 Å². The Kier molecular flexibility index (Phi) is 60.4. The number of carbonyl (C=O) groups is 3. The van der Waals surface area contributed by atoms with Gasteiger partial charge in [-0.1, -0.05) is 281 Å². The Hall–Kier alpha value is -4.97. The van der Waals surface area contributed by atoms with Crippen LogP contribution in [0, 0.1) is 0 Å². The van der Waals surface area contributed by atoms with Gasteiger partial charge in [0, 0.05) is 19.3 Å². The van der Waals surface area contributed by atoms with Gasteiger partial charge in [0.25, 0.3) is 0 Å². The molecule has 0 radical (unpaired) electrons. The van der Waals surface area contributed by atoms with Crippen LogP contribution in [0.1, 0.15) is 258 Å². The lowest BCUT2D eigenvalue weighted by Crippen LogP contribution is -2.30. The van der Waals surface area contributed by atoms with Crippen molar-refractivity contribution in [1.82, 2.24) is 0 Å². The average Bonchev–Trinajstić information content (AvgIpc) is 3.44. The largest absolute Gasteiger partial charge is 0.462 e. The fourth-order valence-electron chi connectivity index (χ4n) is 8.15. The lowest BCUT2D eigenvalue weighted by molar-refractivity contribution is -0.166. The van der Waals surface area contributed by atoms with Gasteiger partial charge in [0.1, 0.15) is 13.2 Å². The summed E-state index contributed by atoms with van der Waals surface area (Å²) in [6, 6.07) is 0. The van der Waals surface area contributed by atoms with Gasteiger partial charge in [-0.05, 0) is 116 Å². The maximum Gasteiger partial charge on any atom is 0.306 e. The van der Waals surface area contributed by atoms with E-state index in [1.54, 1.807) is 0 Å². The van der Waals surface area contributed by atoms with Crippen molar-refractivity contribution < 1.29 is 28.6 Å². The van der Waals surface area contributed by atoms with Gasteiger partial charge in [-0.15, -0.1) is 0 Å². The number of ether oxygens (including phenoxy) is 3. The first kappa shape index (κ1) is 73.0. The predicted molar refractivity (Wildman–Crippen MR) is 338 cm³/mol. The minimum atomic E-state index is -0.840. The molecule has 78 heavy (non-hydrogen) atoms. The van der Waals surface area contributed by atoms with Crippen molar-refractivity contribution in [2.24, 2.45) is 0 Å². The lowest BCUT2D eigenvalue weighted by atomic mass is 10.0. The van der Waals surface area contributed by atoms with Crippen molar-refractivity contribution in [3.8, 4) is 0 Å². The Bertz CT molecular complexity index is 1760. The van der Waals surface area contributed by atoms with E-state index in [4.69, 9.17) is 14.2 Å².